The molecule has 1 aliphatic rings. The Morgan fingerprint density at radius 3 is 2.44 bits per heavy atom. The van der Waals surface area contributed by atoms with Crippen molar-refractivity contribution in [2.45, 2.75) is 31.9 Å². The van der Waals surface area contributed by atoms with Crippen molar-refractivity contribution in [3.63, 3.8) is 0 Å². The van der Waals surface area contributed by atoms with Crippen LogP contribution in [0.25, 0.3) is 0 Å². The Morgan fingerprint density at radius 1 is 1.28 bits per heavy atom. The van der Waals surface area contributed by atoms with E-state index < -0.39 is 11.7 Å². The van der Waals surface area contributed by atoms with E-state index in [-0.39, 0.29) is 5.92 Å². The maximum Gasteiger partial charge on any atom is 0.417 e. The molecule has 0 spiro atoms. The number of rotatable bonds is 2. The molecule has 1 aromatic rings. The highest BCUT2D eigenvalue weighted by molar-refractivity contribution is 5.19. The number of aromatic nitrogens is 1. The van der Waals surface area contributed by atoms with E-state index in [1.807, 2.05) is 6.92 Å². The van der Waals surface area contributed by atoms with E-state index in [1.165, 1.54) is 6.07 Å². The zero-order valence-corrected chi connectivity index (χ0v) is 10.3. The predicted octanol–water partition coefficient (Wildman–Crippen LogP) is 3.20. The SMILES string of the molecule is CC(c1ccc(C(F)(F)F)cn1)C1CCNCC1. The van der Waals surface area contributed by atoms with Gasteiger partial charge in [0.25, 0.3) is 0 Å². The van der Waals surface area contributed by atoms with Gasteiger partial charge in [-0.15, -0.1) is 0 Å². The van der Waals surface area contributed by atoms with Crippen molar-refractivity contribution in [2.24, 2.45) is 5.92 Å². The smallest absolute Gasteiger partial charge is 0.317 e. The first kappa shape index (κ1) is 13.3. The van der Waals surface area contributed by atoms with Crippen LogP contribution in [0.4, 0.5) is 13.2 Å². The third-order valence-corrected chi connectivity index (χ3v) is 3.67. The monoisotopic (exact) mass is 258 g/mol. The summed E-state index contributed by atoms with van der Waals surface area (Å²) in [6.45, 7) is 4.01. The van der Waals surface area contributed by atoms with Crippen LogP contribution in [0, 0.1) is 5.92 Å². The topological polar surface area (TPSA) is 24.9 Å². The quantitative estimate of drug-likeness (QED) is 0.881. The van der Waals surface area contributed by atoms with E-state index in [2.05, 4.69) is 10.3 Å². The van der Waals surface area contributed by atoms with Crippen LogP contribution in [0.5, 0.6) is 0 Å². The highest BCUT2D eigenvalue weighted by atomic mass is 19.4. The first-order chi connectivity index (χ1) is 8.48. The summed E-state index contributed by atoms with van der Waals surface area (Å²) < 4.78 is 37.3. The standard InChI is InChI=1S/C13H17F3N2/c1-9(10-4-6-17-7-5-10)12-3-2-11(8-18-12)13(14,15)16/h2-3,8-10,17H,4-7H2,1H3. The number of piperidine rings is 1. The van der Waals surface area contributed by atoms with Crippen molar-refractivity contribution in [1.82, 2.24) is 10.3 Å². The molecule has 1 N–H and O–H groups in total. The van der Waals surface area contributed by atoms with Gasteiger partial charge in [-0.1, -0.05) is 6.92 Å². The second kappa shape index (κ2) is 5.26. The normalized spacial score (nSPS) is 19.8. The zero-order chi connectivity index (χ0) is 13.2. The molecule has 1 saturated heterocycles. The van der Waals surface area contributed by atoms with Gasteiger partial charge in [-0.25, -0.2) is 0 Å². The Balaban J connectivity index is 2.09. The van der Waals surface area contributed by atoms with Crippen LogP contribution < -0.4 is 5.32 Å². The summed E-state index contributed by atoms with van der Waals surface area (Å²) in [4.78, 5) is 3.98. The molecule has 0 radical (unpaired) electrons. The van der Waals surface area contributed by atoms with Gasteiger partial charge in [0.1, 0.15) is 0 Å². The van der Waals surface area contributed by atoms with E-state index in [0.717, 1.165) is 43.9 Å². The second-order valence-corrected chi connectivity index (χ2v) is 4.85. The van der Waals surface area contributed by atoms with E-state index in [1.54, 1.807) is 0 Å². The van der Waals surface area contributed by atoms with Crippen molar-refractivity contribution in [3.05, 3.63) is 29.6 Å². The molecule has 0 aliphatic carbocycles. The first-order valence-electron chi connectivity index (χ1n) is 6.22. The molecular formula is C13H17F3N2. The number of pyridine rings is 1. The lowest BCUT2D eigenvalue weighted by molar-refractivity contribution is -0.137. The number of nitrogens with zero attached hydrogens (tertiary/aromatic N) is 1. The number of hydrogen-bond donors (Lipinski definition) is 1. The van der Waals surface area contributed by atoms with Crippen LogP contribution in [0.3, 0.4) is 0 Å². The molecule has 18 heavy (non-hydrogen) atoms. The predicted molar refractivity (Wildman–Crippen MR) is 63.2 cm³/mol. The molecular weight excluding hydrogens is 241 g/mol. The van der Waals surface area contributed by atoms with Crippen molar-refractivity contribution in [3.8, 4) is 0 Å². The Hall–Kier alpha value is -1.10. The van der Waals surface area contributed by atoms with E-state index >= 15 is 0 Å². The average molecular weight is 258 g/mol. The second-order valence-electron chi connectivity index (χ2n) is 4.85. The summed E-state index contributed by atoms with van der Waals surface area (Å²) in [5, 5.41) is 3.28. The number of hydrogen-bond acceptors (Lipinski definition) is 2. The minimum atomic E-state index is -4.30. The van der Waals surface area contributed by atoms with Crippen LogP contribution in [-0.2, 0) is 6.18 Å². The van der Waals surface area contributed by atoms with Crippen LogP contribution in [0.2, 0.25) is 0 Å². The largest absolute Gasteiger partial charge is 0.417 e. The van der Waals surface area contributed by atoms with Crippen LogP contribution in [0.15, 0.2) is 18.3 Å². The lowest BCUT2D eigenvalue weighted by atomic mass is 9.84. The van der Waals surface area contributed by atoms with Crippen molar-refractivity contribution in [2.75, 3.05) is 13.1 Å². The average Bonchev–Trinajstić information content (AvgIpc) is 2.38. The van der Waals surface area contributed by atoms with Gasteiger partial charge in [0.05, 0.1) is 5.56 Å². The Morgan fingerprint density at radius 2 is 1.94 bits per heavy atom. The van der Waals surface area contributed by atoms with Crippen molar-refractivity contribution < 1.29 is 13.2 Å². The molecule has 0 amide bonds. The highest BCUT2D eigenvalue weighted by Gasteiger charge is 2.31. The lowest BCUT2D eigenvalue weighted by Gasteiger charge is -2.28. The molecule has 1 unspecified atom stereocenters. The van der Waals surface area contributed by atoms with E-state index in [0.29, 0.717) is 5.92 Å². The molecule has 2 nitrogen and oxygen atoms in total. The fraction of sp³-hybridized carbons (Fsp3) is 0.615. The van der Waals surface area contributed by atoms with Gasteiger partial charge in [-0.2, -0.15) is 13.2 Å². The molecule has 1 aromatic heterocycles. The summed E-state index contributed by atoms with van der Waals surface area (Å²) in [5.74, 6) is 0.727. The van der Waals surface area contributed by atoms with Gasteiger partial charge in [0.15, 0.2) is 0 Å². The summed E-state index contributed by atoms with van der Waals surface area (Å²) in [7, 11) is 0. The minimum absolute atomic E-state index is 0.217. The molecule has 2 heterocycles. The lowest BCUT2D eigenvalue weighted by Crippen LogP contribution is -2.30. The first-order valence-corrected chi connectivity index (χ1v) is 6.22. The van der Waals surface area contributed by atoms with Gasteiger partial charge >= 0.3 is 6.18 Å². The van der Waals surface area contributed by atoms with Gasteiger partial charge in [-0.3, -0.25) is 4.98 Å². The fourth-order valence-corrected chi connectivity index (χ4v) is 2.43. The molecule has 2 rings (SSSR count). The highest BCUT2D eigenvalue weighted by Crippen LogP contribution is 2.32. The summed E-state index contributed by atoms with van der Waals surface area (Å²) in [6, 6.07) is 2.63. The third kappa shape index (κ3) is 3.02. The molecule has 100 valence electrons. The third-order valence-electron chi connectivity index (χ3n) is 3.67. The van der Waals surface area contributed by atoms with Gasteiger partial charge in [0.2, 0.25) is 0 Å². The van der Waals surface area contributed by atoms with Crippen molar-refractivity contribution in [1.29, 1.82) is 0 Å². The molecule has 1 aliphatic heterocycles. The number of halogens is 3. The molecule has 1 atom stereocenters. The molecule has 0 bridgehead atoms. The molecule has 0 saturated carbocycles. The van der Waals surface area contributed by atoms with Crippen molar-refractivity contribution >= 4 is 0 Å². The maximum absolute atomic E-state index is 12.4. The molecule has 0 aromatic carbocycles. The van der Waals surface area contributed by atoms with E-state index in [9.17, 15) is 13.2 Å². The Kier molecular flexibility index (Phi) is 3.90. The minimum Gasteiger partial charge on any atom is -0.317 e. The van der Waals surface area contributed by atoms with Gasteiger partial charge < -0.3 is 5.32 Å². The van der Waals surface area contributed by atoms with Crippen LogP contribution >= 0.6 is 0 Å². The summed E-state index contributed by atoms with van der Waals surface area (Å²) in [5.41, 5.74) is 0.0821. The zero-order valence-electron chi connectivity index (χ0n) is 10.3. The summed E-state index contributed by atoms with van der Waals surface area (Å²) >= 11 is 0. The summed E-state index contributed by atoms with van der Waals surface area (Å²) in [6.07, 6.45) is -1.25. The van der Waals surface area contributed by atoms with Gasteiger partial charge in [-0.05, 0) is 44.0 Å². The van der Waals surface area contributed by atoms with E-state index in [4.69, 9.17) is 0 Å². The van der Waals surface area contributed by atoms with Crippen LogP contribution in [0.1, 0.15) is 36.9 Å². The Bertz CT molecular complexity index is 380. The maximum atomic E-state index is 12.4. The molecule has 5 heteroatoms. The van der Waals surface area contributed by atoms with Crippen LogP contribution in [-0.4, -0.2) is 18.1 Å². The fourth-order valence-electron chi connectivity index (χ4n) is 2.43. The Labute approximate surface area is 105 Å². The number of alkyl halides is 3. The van der Waals surface area contributed by atoms with Gasteiger partial charge in [0, 0.05) is 17.8 Å². The molecule has 1 fully saturated rings. The number of nitrogens with one attached hydrogen (secondary N) is 1.